The van der Waals surface area contributed by atoms with Gasteiger partial charge in [0, 0.05) is 50.4 Å². The molecule has 2 fully saturated rings. The number of nitrogens with one attached hydrogen (secondary N) is 1. The SMILES string of the molecule is COc1ccc(N2CCN(c3nc(C(=O)NC[C@H]4CCCO4)cs3)CC2)cc1. The first-order valence-corrected chi connectivity index (χ1v) is 10.6. The van der Waals surface area contributed by atoms with Crippen LogP contribution in [0.3, 0.4) is 0 Å². The van der Waals surface area contributed by atoms with Gasteiger partial charge in [-0.1, -0.05) is 0 Å². The highest BCUT2D eigenvalue weighted by Crippen LogP contribution is 2.25. The van der Waals surface area contributed by atoms with Crippen molar-refractivity contribution in [3.8, 4) is 5.75 Å². The summed E-state index contributed by atoms with van der Waals surface area (Å²) in [5.41, 5.74) is 1.70. The average Bonchev–Trinajstić information content (AvgIpc) is 3.44. The van der Waals surface area contributed by atoms with Gasteiger partial charge in [0.15, 0.2) is 5.13 Å². The molecule has 2 saturated heterocycles. The lowest BCUT2D eigenvalue weighted by atomic mass is 10.2. The monoisotopic (exact) mass is 402 g/mol. The molecule has 1 atom stereocenters. The van der Waals surface area contributed by atoms with Crippen LogP contribution in [0.1, 0.15) is 23.3 Å². The smallest absolute Gasteiger partial charge is 0.270 e. The van der Waals surface area contributed by atoms with E-state index in [2.05, 4.69) is 32.2 Å². The third-order valence-electron chi connectivity index (χ3n) is 5.23. The van der Waals surface area contributed by atoms with E-state index in [-0.39, 0.29) is 12.0 Å². The molecule has 8 heteroatoms. The first kappa shape index (κ1) is 19.0. The van der Waals surface area contributed by atoms with Crippen LogP contribution in [-0.4, -0.2) is 63.4 Å². The number of carbonyl (C=O) groups excluding carboxylic acids is 1. The molecule has 3 heterocycles. The van der Waals surface area contributed by atoms with E-state index in [0.29, 0.717) is 12.2 Å². The number of piperazine rings is 1. The van der Waals surface area contributed by atoms with Gasteiger partial charge < -0.3 is 24.6 Å². The van der Waals surface area contributed by atoms with Crippen molar-refractivity contribution in [2.45, 2.75) is 18.9 Å². The highest BCUT2D eigenvalue weighted by molar-refractivity contribution is 7.13. The minimum atomic E-state index is -0.116. The lowest BCUT2D eigenvalue weighted by Gasteiger charge is -2.36. The molecule has 1 amide bonds. The molecule has 0 spiro atoms. The standard InChI is InChI=1S/C20H26N4O3S/c1-26-16-6-4-15(5-7-16)23-8-10-24(11-9-23)20-22-18(14-28-20)19(25)21-13-17-3-2-12-27-17/h4-7,14,17H,2-3,8-13H2,1H3,(H,21,25)/t17-/m1/s1. The van der Waals surface area contributed by atoms with Gasteiger partial charge in [-0.05, 0) is 37.1 Å². The molecule has 150 valence electrons. The van der Waals surface area contributed by atoms with Crippen molar-refractivity contribution in [1.29, 1.82) is 0 Å². The Labute approximate surface area is 169 Å². The van der Waals surface area contributed by atoms with Crippen molar-refractivity contribution in [3.63, 3.8) is 0 Å². The summed E-state index contributed by atoms with van der Waals surface area (Å²) in [6, 6.07) is 8.16. The van der Waals surface area contributed by atoms with E-state index in [0.717, 1.165) is 56.5 Å². The van der Waals surface area contributed by atoms with Crippen molar-refractivity contribution in [3.05, 3.63) is 35.3 Å². The number of thiazole rings is 1. The van der Waals surface area contributed by atoms with Crippen LogP contribution in [0.5, 0.6) is 5.75 Å². The van der Waals surface area contributed by atoms with Crippen molar-refractivity contribution < 1.29 is 14.3 Å². The van der Waals surface area contributed by atoms with Crippen LogP contribution in [0.25, 0.3) is 0 Å². The number of anilines is 2. The van der Waals surface area contributed by atoms with Gasteiger partial charge >= 0.3 is 0 Å². The quantitative estimate of drug-likeness (QED) is 0.800. The number of ether oxygens (including phenoxy) is 2. The van der Waals surface area contributed by atoms with Gasteiger partial charge in [0.05, 0.1) is 13.2 Å². The molecule has 1 aromatic heterocycles. The van der Waals surface area contributed by atoms with E-state index < -0.39 is 0 Å². The number of rotatable bonds is 6. The first-order valence-electron chi connectivity index (χ1n) is 9.72. The molecule has 7 nitrogen and oxygen atoms in total. The van der Waals surface area contributed by atoms with Gasteiger partial charge in [-0.3, -0.25) is 4.79 Å². The van der Waals surface area contributed by atoms with Crippen LogP contribution in [0.4, 0.5) is 10.8 Å². The van der Waals surface area contributed by atoms with Crippen LogP contribution in [-0.2, 0) is 4.74 Å². The largest absolute Gasteiger partial charge is 0.497 e. The molecular formula is C20H26N4O3S. The maximum absolute atomic E-state index is 12.3. The van der Waals surface area contributed by atoms with Crippen LogP contribution in [0.2, 0.25) is 0 Å². The maximum atomic E-state index is 12.3. The first-order chi connectivity index (χ1) is 13.7. The number of hydrogen-bond donors (Lipinski definition) is 1. The topological polar surface area (TPSA) is 66.9 Å². The van der Waals surface area contributed by atoms with Crippen LogP contribution < -0.4 is 19.9 Å². The van der Waals surface area contributed by atoms with Gasteiger partial charge in [0.2, 0.25) is 0 Å². The van der Waals surface area contributed by atoms with Gasteiger partial charge in [-0.2, -0.15) is 0 Å². The Bertz CT molecular complexity index is 781. The van der Waals surface area contributed by atoms with Gasteiger partial charge in [0.1, 0.15) is 11.4 Å². The highest BCUT2D eigenvalue weighted by Gasteiger charge is 2.22. The Morgan fingerprint density at radius 1 is 1.25 bits per heavy atom. The van der Waals surface area contributed by atoms with Crippen molar-refractivity contribution in [2.75, 3.05) is 56.2 Å². The second-order valence-corrected chi connectivity index (χ2v) is 7.87. The van der Waals surface area contributed by atoms with Gasteiger partial charge in [-0.25, -0.2) is 4.98 Å². The second-order valence-electron chi connectivity index (χ2n) is 7.03. The van der Waals surface area contributed by atoms with E-state index in [9.17, 15) is 4.79 Å². The second kappa shape index (κ2) is 8.79. The number of aromatic nitrogens is 1. The molecule has 0 unspecified atom stereocenters. The van der Waals surface area contributed by atoms with E-state index in [1.165, 1.54) is 17.0 Å². The Morgan fingerprint density at radius 2 is 2.00 bits per heavy atom. The van der Waals surface area contributed by atoms with Crippen LogP contribution >= 0.6 is 11.3 Å². The fourth-order valence-electron chi connectivity index (χ4n) is 3.57. The average molecular weight is 403 g/mol. The zero-order chi connectivity index (χ0) is 19.3. The van der Waals surface area contributed by atoms with Gasteiger partial charge in [-0.15, -0.1) is 11.3 Å². The van der Waals surface area contributed by atoms with Crippen molar-refractivity contribution >= 4 is 28.1 Å². The predicted molar refractivity (Wildman–Crippen MR) is 111 cm³/mol. The molecule has 0 saturated carbocycles. The molecule has 28 heavy (non-hydrogen) atoms. The lowest BCUT2D eigenvalue weighted by molar-refractivity contribution is 0.0854. The number of benzene rings is 1. The molecule has 2 aliphatic heterocycles. The molecule has 0 radical (unpaired) electrons. The number of nitrogens with zero attached hydrogens (tertiary/aromatic N) is 3. The number of methoxy groups -OCH3 is 1. The fourth-order valence-corrected chi connectivity index (χ4v) is 4.42. The normalized spacial score (nSPS) is 19.7. The molecule has 0 bridgehead atoms. The summed E-state index contributed by atoms with van der Waals surface area (Å²) >= 11 is 1.53. The predicted octanol–water partition coefficient (Wildman–Crippen LogP) is 2.39. The Hall–Kier alpha value is -2.32. The summed E-state index contributed by atoms with van der Waals surface area (Å²) in [7, 11) is 1.68. The number of hydrogen-bond acceptors (Lipinski definition) is 7. The molecular weight excluding hydrogens is 376 g/mol. The highest BCUT2D eigenvalue weighted by atomic mass is 32.1. The molecule has 1 aromatic carbocycles. The molecule has 2 aliphatic rings. The minimum absolute atomic E-state index is 0.116. The van der Waals surface area contributed by atoms with Crippen LogP contribution in [0, 0.1) is 0 Å². The lowest BCUT2D eigenvalue weighted by Crippen LogP contribution is -2.46. The molecule has 2 aromatic rings. The summed E-state index contributed by atoms with van der Waals surface area (Å²) in [6.45, 7) is 4.97. The third-order valence-corrected chi connectivity index (χ3v) is 6.13. The van der Waals surface area contributed by atoms with E-state index >= 15 is 0 Å². The molecule has 4 rings (SSSR count). The fraction of sp³-hybridized carbons (Fsp3) is 0.500. The number of carbonyl (C=O) groups is 1. The van der Waals surface area contributed by atoms with Gasteiger partial charge in [0.25, 0.3) is 5.91 Å². The summed E-state index contributed by atoms with van der Waals surface area (Å²) in [6.07, 6.45) is 2.23. The van der Waals surface area contributed by atoms with E-state index in [1.807, 2.05) is 17.5 Å². The van der Waals surface area contributed by atoms with Crippen molar-refractivity contribution in [2.24, 2.45) is 0 Å². The Balaban J connectivity index is 1.29. The summed E-state index contributed by atoms with van der Waals surface area (Å²) < 4.78 is 10.8. The summed E-state index contributed by atoms with van der Waals surface area (Å²) in [5.74, 6) is 0.755. The summed E-state index contributed by atoms with van der Waals surface area (Å²) in [4.78, 5) is 21.5. The zero-order valence-corrected chi connectivity index (χ0v) is 16.9. The van der Waals surface area contributed by atoms with E-state index in [4.69, 9.17) is 9.47 Å². The third kappa shape index (κ3) is 4.39. The Kier molecular flexibility index (Phi) is 5.97. The summed E-state index contributed by atoms with van der Waals surface area (Å²) in [5, 5.41) is 5.70. The van der Waals surface area contributed by atoms with Crippen molar-refractivity contribution in [1.82, 2.24) is 10.3 Å². The molecule has 1 N–H and O–H groups in total. The van der Waals surface area contributed by atoms with Crippen LogP contribution in [0.15, 0.2) is 29.6 Å². The van der Waals surface area contributed by atoms with E-state index in [1.54, 1.807) is 7.11 Å². The number of amides is 1. The Morgan fingerprint density at radius 3 is 2.68 bits per heavy atom. The maximum Gasteiger partial charge on any atom is 0.270 e. The zero-order valence-electron chi connectivity index (χ0n) is 16.1. The molecule has 0 aliphatic carbocycles. The minimum Gasteiger partial charge on any atom is -0.497 e.